The average molecular weight is 556 g/mol. The molecule has 40 heavy (non-hydrogen) atoms. The number of hydrogen-bond acceptors (Lipinski definition) is 4. The number of nitrogens with one attached hydrogen (secondary N) is 3. The summed E-state index contributed by atoms with van der Waals surface area (Å²) >= 11 is 6.33. The zero-order chi connectivity index (χ0) is 29.0. The van der Waals surface area contributed by atoms with E-state index in [0.717, 1.165) is 16.5 Å². The second kappa shape index (κ2) is 12.1. The van der Waals surface area contributed by atoms with E-state index in [1.54, 1.807) is 54.6 Å². The summed E-state index contributed by atoms with van der Waals surface area (Å²) in [4.78, 5) is 38.3. The second-order valence-corrected chi connectivity index (χ2v) is 10.5. The fourth-order valence-corrected chi connectivity index (χ4v) is 4.52. The number of rotatable bonds is 8. The fourth-order valence-electron chi connectivity index (χ4n) is 4.32. The van der Waals surface area contributed by atoms with Crippen molar-refractivity contribution in [3.8, 4) is 6.07 Å². The number of anilines is 2. The fraction of sp³-hybridized carbons (Fsp3) is 0.226. The molecular weight excluding hydrogens is 526 g/mol. The lowest BCUT2D eigenvalue weighted by Crippen LogP contribution is -2.27. The quantitative estimate of drug-likeness (QED) is 0.229. The summed E-state index contributed by atoms with van der Waals surface area (Å²) in [5.41, 5.74) is 4.00. The molecule has 0 atom stereocenters. The SMILES string of the molecule is CC(C)C(=O)NCc1ccc(Cl)c(C(=O)Nc2ccc3c(c2)cc(C(=O)Nc2ccc(C#N)cc2)n3C(C)C)c1. The highest BCUT2D eigenvalue weighted by atomic mass is 35.5. The predicted octanol–water partition coefficient (Wildman–Crippen LogP) is 6.52. The standard InChI is InChI=1S/C31H30ClN5O3/c1-18(2)29(38)34-17-21-7-11-26(32)25(13-21)30(39)36-24-10-12-27-22(14-24)15-28(37(27)19(3)4)31(40)35-23-8-5-20(16-33)6-9-23/h5-15,18-19H,17H2,1-4H3,(H,34,38)(H,35,40)(H,36,39). The first-order valence-corrected chi connectivity index (χ1v) is 13.3. The summed E-state index contributed by atoms with van der Waals surface area (Å²) in [5, 5.41) is 18.7. The minimum atomic E-state index is -0.386. The van der Waals surface area contributed by atoms with Crippen LogP contribution in [0.15, 0.2) is 66.7 Å². The van der Waals surface area contributed by atoms with Gasteiger partial charge in [-0.3, -0.25) is 14.4 Å². The highest BCUT2D eigenvalue weighted by Crippen LogP contribution is 2.28. The van der Waals surface area contributed by atoms with Crippen LogP contribution in [0.2, 0.25) is 5.02 Å². The highest BCUT2D eigenvalue weighted by molar-refractivity contribution is 6.34. The molecule has 0 unspecified atom stereocenters. The summed E-state index contributed by atoms with van der Waals surface area (Å²) < 4.78 is 1.94. The van der Waals surface area contributed by atoms with Crippen LogP contribution in [-0.2, 0) is 11.3 Å². The molecule has 0 aliphatic heterocycles. The maximum atomic E-state index is 13.2. The third kappa shape index (κ3) is 6.33. The van der Waals surface area contributed by atoms with E-state index >= 15 is 0 Å². The minimum absolute atomic E-state index is 0.00242. The van der Waals surface area contributed by atoms with E-state index < -0.39 is 0 Å². The molecule has 0 aliphatic carbocycles. The molecule has 8 nitrogen and oxygen atoms in total. The summed E-state index contributed by atoms with van der Waals surface area (Å²) in [6.45, 7) is 7.90. The van der Waals surface area contributed by atoms with E-state index in [9.17, 15) is 14.4 Å². The van der Waals surface area contributed by atoms with Gasteiger partial charge in [0.15, 0.2) is 0 Å². The van der Waals surface area contributed by atoms with E-state index in [1.807, 2.05) is 44.4 Å². The van der Waals surface area contributed by atoms with Gasteiger partial charge in [-0.25, -0.2) is 0 Å². The summed E-state index contributed by atoms with van der Waals surface area (Å²) in [7, 11) is 0. The van der Waals surface area contributed by atoms with Crippen molar-refractivity contribution < 1.29 is 14.4 Å². The van der Waals surface area contributed by atoms with E-state index in [4.69, 9.17) is 16.9 Å². The predicted molar refractivity (Wildman–Crippen MR) is 158 cm³/mol. The van der Waals surface area contributed by atoms with Gasteiger partial charge >= 0.3 is 0 Å². The van der Waals surface area contributed by atoms with Gasteiger partial charge in [-0.2, -0.15) is 5.26 Å². The van der Waals surface area contributed by atoms with Gasteiger partial charge in [-0.05, 0) is 80.1 Å². The van der Waals surface area contributed by atoms with Gasteiger partial charge in [-0.15, -0.1) is 0 Å². The normalized spacial score (nSPS) is 10.9. The Morgan fingerprint density at radius 3 is 2.20 bits per heavy atom. The van der Waals surface area contributed by atoms with E-state index in [0.29, 0.717) is 33.2 Å². The Labute approximate surface area is 237 Å². The molecule has 9 heteroatoms. The molecule has 0 saturated carbocycles. The zero-order valence-corrected chi connectivity index (χ0v) is 23.5. The second-order valence-electron chi connectivity index (χ2n) is 10.1. The van der Waals surface area contributed by atoms with Crippen molar-refractivity contribution in [3.63, 3.8) is 0 Å². The van der Waals surface area contributed by atoms with Crippen molar-refractivity contribution >= 4 is 51.6 Å². The Morgan fingerprint density at radius 2 is 1.55 bits per heavy atom. The molecule has 0 spiro atoms. The topological polar surface area (TPSA) is 116 Å². The zero-order valence-electron chi connectivity index (χ0n) is 22.7. The van der Waals surface area contributed by atoms with Crippen LogP contribution in [0.3, 0.4) is 0 Å². The highest BCUT2D eigenvalue weighted by Gasteiger charge is 2.19. The third-order valence-electron chi connectivity index (χ3n) is 6.38. The number of nitrogens with zero attached hydrogens (tertiary/aromatic N) is 2. The first-order valence-electron chi connectivity index (χ1n) is 12.9. The Morgan fingerprint density at radius 1 is 0.875 bits per heavy atom. The smallest absolute Gasteiger partial charge is 0.272 e. The molecule has 1 aromatic heterocycles. The van der Waals surface area contributed by atoms with Crippen LogP contribution in [0.4, 0.5) is 11.4 Å². The Bertz CT molecular complexity index is 1630. The molecule has 0 saturated heterocycles. The van der Waals surface area contributed by atoms with Gasteiger partial charge in [0.2, 0.25) is 5.91 Å². The molecular formula is C31H30ClN5O3. The van der Waals surface area contributed by atoms with E-state index in [1.165, 1.54) is 0 Å². The van der Waals surface area contributed by atoms with Crippen LogP contribution < -0.4 is 16.0 Å². The molecule has 0 radical (unpaired) electrons. The van der Waals surface area contributed by atoms with Gasteiger partial charge in [0.05, 0.1) is 22.2 Å². The van der Waals surface area contributed by atoms with Crippen LogP contribution in [0, 0.1) is 17.2 Å². The van der Waals surface area contributed by atoms with Crippen molar-refractivity contribution in [1.29, 1.82) is 5.26 Å². The molecule has 3 N–H and O–H groups in total. The molecule has 4 rings (SSSR count). The number of halogens is 1. The Hall–Kier alpha value is -4.61. The number of aromatic nitrogens is 1. The maximum Gasteiger partial charge on any atom is 0.272 e. The summed E-state index contributed by atoms with van der Waals surface area (Å²) in [6, 6.07) is 21.0. The van der Waals surface area contributed by atoms with Crippen LogP contribution >= 0.6 is 11.6 Å². The molecule has 3 aromatic carbocycles. The Kier molecular flexibility index (Phi) is 8.56. The minimum Gasteiger partial charge on any atom is -0.352 e. The van der Waals surface area contributed by atoms with Gasteiger partial charge in [0.1, 0.15) is 5.69 Å². The van der Waals surface area contributed by atoms with Gasteiger partial charge < -0.3 is 20.5 Å². The number of fused-ring (bicyclic) bond motifs is 1. The molecule has 0 bridgehead atoms. The number of carbonyl (C=O) groups is 3. The first-order chi connectivity index (χ1) is 19.1. The van der Waals surface area contributed by atoms with Gasteiger partial charge in [0.25, 0.3) is 11.8 Å². The Balaban J connectivity index is 1.56. The maximum absolute atomic E-state index is 13.2. The van der Waals surface area contributed by atoms with Crippen molar-refractivity contribution in [2.24, 2.45) is 5.92 Å². The lowest BCUT2D eigenvalue weighted by molar-refractivity contribution is -0.124. The molecule has 0 aliphatic rings. The van der Waals surface area contributed by atoms with E-state index in [2.05, 4.69) is 22.0 Å². The lowest BCUT2D eigenvalue weighted by atomic mass is 10.1. The third-order valence-corrected chi connectivity index (χ3v) is 6.71. The van der Waals surface area contributed by atoms with Crippen LogP contribution in [0.1, 0.15) is 65.7 Å². The lowest BCUT2D eigenvalue weighted by Gasteiger charge is -2.15. The molecule has 1 heterocycles. The van der Waals surface area contributed by atoms with Crippen molar-refractivity contribution in [3.05, 3.63) is 94.1 Å². The molecule has 3 amide bonds. The number of benzene rings is 3. The van der Waals surface area contributed by atoms with Crippen LogP contribution in [0.25, 0.3) is 10.9 Å². The largest absolute Gasteiger partial charge is 0.352 e. The number of hydrogen-bond donors (Lipinski definition) is 3. The summed E-state index contributed by atoms with van der Waals surface area (Å²) in [6.07, 6.45) is 0. The number of amides is 3. The average Bonchev–Trinajstić information content (AvgIpc) is 3.32. The van der Waals surface area contributed by atoms with Crippen molar-refractivity contribution in [1.82, 2.24) is 9.88 Å². The first kappa shape index (κ1) is 28.4. The monoisotopic (exact) mass is 555 g/mol. The molecule has 4 aromatic rings. The van der Waals surface area contributed by atoms with Crippen LogP contribution in [-0.4, -0.2) is 22.3 Å². The van der Waals surface area contributed by atoms with Gasteiger partial charge in [-0.1, -0.05) is 31.5 Å². The van der Waals surface area contributed by atoms with Gasteiger partial charge in [0, 0.05) is 40.8 Å². The van der Waals surface area contributed by atoms with Crippen molar-refractivity contribution in [2.75, 3.05) is 10.6 Å². The summed E-state index contributed by atoms with van der Waals surface area (Å²) in [5.74, 6) is -0.887. The van der Waals surface area contributed by atoms with E-state index in [-0.39, 0.29) is 36.2 Å². The number of nitriles is 1. The number of carbonyl (C=O) groups excluding carboxylic acids is 3. The van der Waals surface area contributed by atoms with Crippen LogP contribution in [0.5, 0.6) is 0 Å². The van der Waals surface area contributed by atoms with Crippen molar-refractivity contribution in [2.45, 2.75) is 40.3 Å². The molecule has 204 valence electrons. The molecule has 0 fully saturated rings.